The molecule has 4 aliphatic carbocycles. The van der Waals surface area contributed by atoms with Gasteiger partial charge in [0.25, 0.3) is 0 Å². The van der Waals surface area contributed by atoms with Crippen LogP contribution in [-0.2, 0) is 14.3 Å². The van der Waals surface area contributed by atoms with E-state index in [1.165, 1.54) is 0 Å². The van der Waals surface area contributed by atoms with Gasteiger partial charge in [-0.2, -0.15) is 0 Å². The van der Waals surface area contributed by atoms with E-state index in [1.807, 2.05) is 0 Å². The van der Waals surface area contributed by atoms with Crippen molar-refractivity contribution in [1.29, 1.82) is 0 Å². The molecule has 8 N–H and O–H groups in total. The molecule has 42 heavy (non-hydrogen) atoms. The first-order chi connectivity index (χ1) is 20.2. The molecule has 1 aliphatic heterocycles. The summed E-state index contributed by atoms with van der Waals surface area (Å²) >= 11 is 0. The van der Waals surface area contributed by atoms with Crippen LogP contribution in [0.4, 0.5) is 0 Å². The van der Waals surface area contributed by atoms with Gasteiger partial charge >= 0.3 is 0 Å². The largest absolute Gasteiger partial charge is 0.392 e. The molecule has 5 aliphatic rings. The molecule has 1 heterocycles. The number of fused-ring (bicyclic) bond motifs is 3. The number of hydrogen-bond acceptors (Lipinski definition) is 8. The zero-order valence-corrected chi connectivity index (χ0v) is 26.0. The summed E-state index contributed by atoms with van der Waals surface area (Å²) in [5, 5.41) is 45.4. The lowest BCUT2D eigenvalue weighted by Crippen LogP contribution is -2.97. The van der Waals surface area contributed by atoms with Gasteiger partial charge in [0, 0.05) is 38.9 Å². The lowest BCUT2D eigenvalue weighted by atomic mass is 9.48. The van der Waals surface area contributed by atoms with Crippen molar-refractivity contribution in [3.8, 4) is 0 Å². The minimum Gasteiger partial charge on any atom is -0.392 e. The fourth-order valence-electron chi connectivity index (χ4n) is 10.7. The second kappa shape index (κ2) is 14.2. The van der Waals surface area contributed by atoms with Crippen LogP contribution in [0.2, 0.25) is 0 Å². The van der Waals surface area contributed by atoms with Gasteiger partial charge in [-0.1, -0.05) is 6.42 Å². The zero-order valence-electron chi connectivity index (χ0n) is 26.0. The number of ether oxygens (including phenoxy) is 2. The predicted octanol–water partition coefficient (Wildman–Crippen LogP) is 1.48. The molecule has 0 radical (unpaired) electrons. The number of carbonyl (C=O) groups excluding carboxylic acids is 1. The summed E-state index contributed by atoms with van der Waals surface area (Å²) in [5.41, 5.74) is 6.50. The summed E-state index contributed by atoms with van der Waals surface area (Å²) in [6.07, 6.45) is 9.16. The van der Waals surface area contributed by atoms with Gasteiger partial charge in [-0.15, -0.1) is 0 Å². The Labute approximate surface area is 252 Å². The highest BCUT2D eigenvalue weighted by molar-refractivity contribution is 5.82. The van der Waals surface area contributed by atoms with Gasteiger partial charge in [0.15, 0.2) is 0 Å². The van der Waals surface area contributed by atoms with Crippen molar-refractivity contribution in [2.24, 2.45) is 46.7 Å². The first-order valence-electron chi connectivity index (χ1n) is 17.1. The number of quaternary nitrogens is 1. The lowest BCUT2D eigenvalue weighted by Gasteiger charge is -2.56. The summed E-state index contributed by atoms with van der Waals surface area (Å²) in [6, 6.07) is 0. The molecule has 0 aromatic carbocycles. The second-order valence-corrected chi connectivity index (χ2v) is 14.8. The fourth-order valence-corrected chi connectivity index (χ4v) is 10.7. The Morgan fingerprint density at radius 1 is 0.929 bits per heavy atom. The predicted molar refractivity (Wildman–Crippen MR) is 158 cm³/mol. The molecular weight excluding hydrogens is 536 g/mol. The van der Waals surface area contributed by atoms with Crippen LogP contribution in [0.3, 0.4) is 0 Å². The van der Waals surface area contributed by atoms with Gasteiger partial charge < -0.3 is 35.2 Å². The summed E-state index contributed by atoms with van der Waals surface area (Å²) in [4.78, 5) is 14.5. The zero-order chi connectivity index (χ0) is 30.0. The molecule has 0 amide bonds. The van der Waals surface area contributed by atoms with E-state index in [0.29, 0.717) is 55.8 Å². The van der Waals surface area contributed by atoms with Gasteiger partial charge in [-0.25, -0.2) is 0 Å². The molecule has 0 spiro atoms. The average Bonchev–Trinajstić information content (AvgIpc) is 3.42. The van der Waals surface area contributed by atoms with Crippen molar-refractivity contribution in [2.45, 2.75) is 139 Å². The third-order valence-electron chi connectivity index (χ3n) is 12.8. The van der Waals surface area contributed by atoms with Crippen LogP contribution in [0, 0.1) is 40.9 Å². The van der Waals surface area contributed by atoms with E-state index < -0.39 is 36.4 Å². The molecule has 0 aromatic rings. The Morgan fingerprint density at radius 2 is 1.69 bits per heavy atom. The average molecular weight is 596 g/mol. The molecule has 9 nitrogen and oxygen atoms in total. The smallest absolute Gasteiger partial charge is 0.140 e. The van der Waals surface area contributed by atoms with E-state index >= 15 is 0 Å². The molecule has 5 rings (SSSR count). The number of rotatable bonds is 11. The van der Waals surface area contributed by atoms with Crippen LogP contribution >= 0.6 is 0 Å². The molecule has 242 valence electrons. The summed E-state index contributed by atoms with van der Waals surface area (Å²) in [5.74, 6) is 1.47. The minimum absolute atomic E-state index is 0.0656. The highest BCUT2D eigenvalue weighted by Gasteiger charge is 2.62. The first kappa shape index (κ1) is 32.7. The summed E-state index contributed by atoms with van der Waals surface area (Å²) < 4.78 is 11.0. The van der Waals surface area contributed by atoms with Gasteiger partial charge in [0.05, 0.1) is 37.1 Å². The molecule has 5 fully saturated rings. The van der Waals surface area contributed by atoms with E-state index in [1.54, 1.807) is 14.2 Å². The number of Topliss-reactive ketones (excluding diaryl/α,β-unsaturated/α-hetero) is 1. The molecule has 9 heteroatoms. The molecule has 10 unspecified atom stereocenters. The number of aliphatic hydroxyl groups excluding tert-OH is 4. The van der Waals surface area contributed by atoms with E-state index in [-0.39, 0.29) is 29.4 Å². The second-order valence-electron chi connectivity index (χ2n) is 14.8. The van der Waals surface area contributed by atoms with Crippen LogP contribution in [0.25, 0.3) is 0 Å². The number of piperidine rings is 1. The number of ketones is 1. The number of aliphatic hydroxyl groups is 4. The summed E-state index contributed by atoms with van der Waals surface area (Å²) in [6.45, 7) is 0.983. The molecule has 4 saturated carbocycles. The Hall–Kier alpha value is -0.650. The fraction of sp³-hybridized carbons (Fsp3) is 0.970. The Balaban J connectivity index is 1.35. The van der Waals surface area contributed by atoms with Gasteiger partial charge in [-0.05, 0) is 106 Å². The van der Waals surface area contributed by atoms with Crippen LogP contribution < -0.4 is 11.1 Å². The monoisotopic (exact) mass is 595 g/mol. The van der Waals surface area contributed by atoms with E-state index in [9.17, 15) is 25.2 Å². The minimum atomic E-state index is -0.889. The van der Waals surface area contributed by atoms with Gasteiger partial charge in [0.1, 0.15) is 18.1 Å². The highest BCUT2D eigenvalue weighted by atomic mass is 16.5. The quantitative estimate of drug-likeness (QED) is 0.210. The molecule has 0 bridgehead atoms. The normalized spacial score (nSPS) is 45.5. The van der Waals surface area contributed by atoms with Crippen LogP contribution in [-0.4, -0.2) is 89.8 Å². The Morgan fingerprint density at radius 3 is 2.45 bits per heavy atom. The van der Waals surface area contributed by atoms with Crippen molar-refractivity contribution < 1.29 is 40.0 Å². The number of carbonyl (C=O) groups is 1. The maximum Gasteiger partial charge on any atom is 0.140 e. The Kier molecular flexibility index (Phi) is 11.1. The van der Waals surface area contributed by atoms with Crippen molar-refractivity contribution >= 4 is 5.78 Å². The highest BCUT2D eigenvalue weighted by Crippen LogP contribution is 2.63. The van der Waals surface area contributed by atoms with Crippen molar-refractivity contribution in [2.75, 3.05) is 20.8 Å². The van der Waals surface area contributed by atoms with Crippen molar-refractivity contribution in [1.82, 2.24) is 0 Å². The molecule has 0 aromatic heterocycles. The Bertz CT molecular complexity index is 892. The topological polar surface area (TPSA) is 159 Å². The SMILES string of the molecule is COC1CC(CC[C@@H](O)[C@H](C(=O)CCC2CC(O)C(O)C(OC)C2)[C@]23CCC[C@H]2CCC2C(N)[NH2+]CCC23)CCC1O. The lowest BCUT2D eigenvalue weighted by molar-refractivity contribution is -0.709. The maximum absolute atomic E-state index is 14.5. The first-order valence-corrected chi connectivity index (χ1v) is 17.1. The van der Waals surface area contributed by atoms with E-state index in [0.717, 1.165) is 70.8 Å². The standard InChI is InChI=1S/C33H58N2O7/c1-41-28-17-19(5-10-24(28)36)6-11-25(37)30(26(38)12-7-20-16-27(39)31(40)29(18-20)42-2)33-14-3-4-21(33)8-9-22-23(33)13-15-35-32(22)34/h19-25,27-32,35-37,39-40H,3-18,34H2,1-2H3/p+1/t19?,20?,21-,22?,23?,24?,25+,27?,28?,29?,30+,31?,32?,33+/m0/s1. The van der Waals surface area contributed by atoms with E-state index in [4.69, 9.17) is 15.2 Å². The van der Waals surface area contributed by atoms with Gasteiger partial charge in [0.2, 0.25) is 0 Å². The number of nitrogens with two attached hydrogens (primary N) is 2. The van der Waals surface area contributed by atoms with E-state index in [2.05, 4.69) is 5.32 Å². The van der Waals surface area contributed by atoms with Crippen LogP contribution in [0.5, 0.6) is 0 Å². The third-order valence-corrected chi connectivity index (χ3v) is 12.8. The molecule has 14 atom stereocenters. The van der Waals surface area contributed by atoms with Crippen molar-refractivity contribution in [3.63, 3.8) is 0 Å². The summed E-state index contributed by atoms with van der Waals surface area (Å²) in [7, 11) is 3.22. The molecule has 1 saturated heterocycles. The number of methoxy groups -OCH3 is 2. The van der Waals surface area contributed by atoms with Crippen LogP contribution in [0.1, 0.15) is 96.3 Å². The number of hydrogen-bond donors (Lipinski definition) is 6. The molecular formula is C33H59N2O7+. The van der Waals surface area contributed by atoms with Crippen LogP contribution in [0.15, 0.2) is 0 Å². The third kappa shape index (κ3) is 6.50. The van der Waals surface area contributed by atoms with Crippen molar-refractivity contribution in [3.05, 3.63) is 0 Å². The van der Waals surface area contributed by atoms with Gasteiger partial charge in [-0.3, -0.25) is 10.5 Å². The maximum atomic E-state index is 14.5.